The quantitative estimate of drug-likeness (QED) is 0.440. The number of benzene rings is 3. The second-order valence-corrected chi connectivity index (χ2v) is 11.3. The third-order valence-electron chi connectivity index (χ3n) is 8.89. The van der Waals surface area contributed by atoms with Crippen molar-refractivity contribution in [3.63, 3.8) is 0 Å². The van der Waals surface area contributed by atoms with E-state index in [1.807, 2.05) is 0 Å². The van der Waals surface area contributed by atoms with E-state index in [0.29, 0.717) is 16.7 Å². The lowest BCUT2D eigenvalue weighted by molar-refractivity contribution is 0.0257. The summed E-state index contributed by atoms with van der Waals surface area (Å²) >= 11 is 0. The van der Waals surface area contributed by atoms with E-state index in [1.54, 1.807) is 11.1 Å². The van der Waals surface area contributed by atoms with Crippen molar-refractivity contribution in [2.24, 2.45) is 11.3 Å². The summed E-state index contributed by atoms with van der Waals surface area (Å²) in [6, 6.07) is 22.9. The average molecular weight is 426 g/mol. The molecule has 1 nitrogen and oxygen atoms in total. The molecule has 168 valence electrons. The van der Waals surface area contributed by atoms with Crippen molar-refractivity contribution in [2.75, 3.05) is 6.54 Å². The summed E-state index contributed by atoms with van der Waals surface area (Å²) in [6.45, 7) is 11.8. The fraction of sp³-hybridized carbons (Fsp3) is 0.484. The Morgan fingerprint density at radius 1 is 0.969 bits per heavy atom. The van der Waals surface area contributed by atoms with Crippen LogP contribution < -0.4 is 5.32 Å². The molecule has 3 atom stereocenters. The maximum atomic E-state index is 3.90. The van der Waals surface area contributed by atoms with E-state index in [2.05, 4.69) is 93.7 Å². The number of fused-ring (bicyclic) bond motifs is 4. The Hall–Kier alpha value is -2.12. The Kier molecular flexibility index (Phi) is 5.66. The predicted molar refractivity (Wildman–Crippen MR) is 137 cm³/mol. The lowest BCUT2D eigenvalue weighted by Gasteiger charge is -2.55. The Labute approximate surface area is 194 Å². The van der Waals surface area contributed by atoms with Gasteiger partial charge in [0.15, 0.2) is 0 Å². The van der Waals surface area contributed by atoms with Crippen molar-refractivity contribution < 1.29 is 0 Å². The van der Waals surface area contributed by atoms with Gasteiger partial charge in [-0.3, -0.25) is 0 Å². The van der Waals surface area contributed by atoms with Gasteiger partial charge in [-0.1, -0.05) is 94.8 Å². The van der Waals surface area contributed by atoms with Gasteiger partial charge < -0.3 is 5.32 Å². The average Bonchev–Trinajstić information content (AvgIpc) is 2.79. The second-order valence-electron chi connectivity index (χ2n) is 11.3. The fourth-order valence-electron chi connectivity index (χ4n) is 7.14. The molecule has 0 aliphatic heterocycles. The monoisotopic (exact) mass is 425 g/mol. The van der Waals surface area contributed by atoms with E-state index in [-0.39, 0.29) is 0 Å². The highest BCUT2D eigenvalue weighted by atomic mass is 14.9. The molecule has 3 aromatic carbocycles. The second kappa shape index (κ2) is 8.34. The van der Waals surface area contributed by atoms with Gasteiger partial charge >= 0.3 is 0 Å². The van der Waals surface area contributed by atoms with Crippen molar-refractivity contribution in [1.82, 2.24) is 5.32 Å². The van der Waals surface area contributed by atoms with Gasteiger partial charge in [-0.15, -0.1) is 0 Å². The van der Waals surface area contributed by atoms with Crippen LogP contribution in [0.2, 0.25) is 0 Å². The Bertz CT molecular complexity index is 1110. The highest BCUT2D eigenvalue weighted by Gasteiger charge is 2.51. The number of aryl methyl sites for hydroxylation is 1. The molecule has 1 fully saturated rings. The lowest BCUT2D eigenvalue weighted by Crippen LogP contribution is -2.52. The summed E-state index contributed by atoms with van der Waals surface area (Å²) in [5.41, 5.74) is 6.87. The molecule has 2 aliphatic carbocycles. The van der Waals surface area contributed by atoms with Crippen molar-refractivity contribution in [3.8, 4) is 0 Å². The third-order valence-corrected chi connectivity index (χ3v) is 8.89. The van der Waals surface area contributed by atoms with Crippen LogP contribution in [0.4, 0.5) is 0 Å². The summed E-state index contributed by atoms with van der Waals surface area (Å²) in [5.74, 6) is 1.36. The number of nitrogens with one attached hydrogen (secondary N) is 1. The van der Waals surface area contributed by atoms with Crippen LogP contribution in [-0.4, -0.2) is 6.54 Å². The molecule has 0 radical (unpaired) electrons. The smallest absolute Gasteiger partial charge is 0.0211 e. The van der Waals surface area contributed by atoms with Crippen LogP contribution in [0.1, 0.15) is 81.5 Å². The molecule has 1 N–H and O–H groups in total. The first-order chi connectivity index (χ1) is 15.4. The first-order valence-electron chi connectivity index (χ1n) is 12.7. The van der Waals surface area contributed by atoms with Crippen LogP contribution >= 0.6 is 0 Å². The van der Waals surface area contributed by atoms with Gasteiger partial charge in [-0.2, -0.15) is 0 Å². The summed E-state index contributed by atoms with van der Waals surface area (Å²) in [6.07, 6.45) is 6.59. The minimum Gasteiger partial charge on any atom is -0.312 e. The summed E-state index contributed by atoms with van der Waals surface area (Å²) in [5, 5.41) is 6.63. The predicted octanol–water partition coefficient (Wildman–Crippen LogP) is 7.76. The zero-order valence-electron chi connectivity index (χ0n) is 20.4. The molecular weight excluding hydrogens is 386 g/mol. The van der Waals surface area contributed by atoms with E-state index < -0.39 is 0 Å². The van der Waals surface area contributed by atoms with Crippen molar-refractivity contribution in [2.45, 2.75) is 77.7 Å². The molecular formula is C31H39N. The first-order valence-corrected chi connectivity index (χ1v) is 12.7. The van der Waals surface area contributed by atoms with E-state index in [0.717, 1.165) is 19.0 Å². The Morgan fingerprint density at radius 2 is 1.78 bits per heavy atom. The normalized spacial score (nSPS) is 27.3. The number of rotatable bonds is 5. The highest BCUT2D eigenvalue weighted by Crippen LogP contribution is 2.57. The Balaban J connectivity index is 1.36. The van der Waals surface area contributed by atoms with Crippen molar-refractivity contribution in [1.29, 1.82) is 0 Å². The van der Waals surface area contributed by atoms with Gasteiger partial charge in [0.2, 0.25) is 0 Å². The summed E-state index contributed by atoms with van der Waals surface area (Å²) in [7, 11) is 0. The van der Waals surface area contributed by atoms with Crippen LogP contribution in [0.3, 0.4) is 0 Å². The maximum absolute atomic E-state index is 3.90. The molecule has 0 heterocycles. The fourth-order valence-corrected chi connectivity index (χ4v) is 7.14. The van der Waals surface area contributed by atoms with Gasteiger partial charge in [-0.05, 0) is 81.4 Å². The minimum absolute atomic E-state index is 0.317. The molecule has 3 aromatic rings. The molecule has 32 heavy (non-hydrogen) atoms. The Morgan fingerprint density at radius 3 is 2.62 bits per heavy atom. The van der Waals surface area contributed by atoms with Crippen LogP contribution in [0.15, 0.2) is 60.7 Å². The molecule has 1 heteroatoms. The van der Waals surface area contributed by atoms with Gasteiger partial charge in [0, 0.05) is 13.1 Å². The molecule has 5 rings (SSSR count). The minimum atomic E-state index is 0.317. The third kappa shape index (κ3) is 3.69. The standard InChI is InChI=1S/C31H39N/c1-22(2)24-13-15-28-25(19-24)14-16-29-30(3,17-8-18-31(28,29)4)21-32-20-26-11-7-10-23-9-5-6-12-27(23)26/h5-7,9-13,15,19,22,29,32H,8,14,16-18,20-21H2,1-4H3/t29-,30+,31+/m1/s1. The van der Waals surface area contributed by atoms with Crippen LogP contribution in [-0.2, 0) is 18.4 Å². The molecule has 0 bridgehead atoms. The summed E-state index contributed by atoms with van der Waals surface area (Å²) < 4.78 is 0. The molecule has 0 amide bonds. The largest absolute Gasteiger partial charge is 0.312 e. The molecule has 0 spiro atoms. The molecule has 0 unspecified atom stereocenters. The molecule has 0 aromatic heterocycles. The maximum Gasteiger partial charge on any atom is 0.0211 e. The highest BCUT2D eigenvalue weighted by molar-refractivity contribution is 5.85. The van der Waals surface area contributed by atoms with E-state index >= 15 is 0 Å². The lowest BCUT2D eigenvalue weighted by atomic mass is 9.49. The molecule has 0 saturated heterocycles. The SMILES string of the molecule is CC(C)c1ccc2c(c1)CC[C@@H]1[C@](C)(CNCc3cccc4ccccc34)CCC[C@@]21C. The van der Waals surface area contributed by atoms with Crippen LogP contribution in [0.5, 0.6) is 0 Å². The molecule has 2 aliphatic rings. The van der Waals surface area contributed by atoms with Gasteiger partial charge in [0.1, 0.15) is 0 Å². The van der Waals surface area contributed by atoms with Crippen molar-refractivity contribution >= 4 is 10.8 Å². The van der Waals surface area contributed by atoms with Gasteiger partial charge in [0.05, 0.1) is 0 Å². The number of hydrogen-bond acceptors (Lipinski definition) is 1. The van der Waals surface area contributed by atoms with E-state index in [4.69, 9.17) is 0 Å². The number of hydrogen-bond donors (Lipinski definition) is 1. The van der Waals surface area contributed by atoms with Gasteiger partial charge in [0.25, 0.3) is 0 Å². The zero-order valence-corrected chi connectivity index (χ0v) is 20.4. The van der Waals surface area contributed by atoms with E-state index in [1.165, 1.54) is 54.0 Å². The first kappa shape index (κ1) is 21.7. The van der Waals surface area contributed by atoms with Gasteiger partial charge in [-0.25, -0.2) is 0 Å². The summed E-state index contributed by atoms with van der Waals surface area (Å²) in [4.78, 5) is 0. The van der Waals surface area contributed by atoms with Crippen LogP contribution in [0.25, 0.3) is 10.8 Å². The molecule has 1 saturated carbocycles. The van der Waals surface area contributed by atoms with E-state index in [9.17, 15) is 0 Å². The zero-order chi connectivity index (χ0) is 22.3. The topological polar surface area (TPSA) is 12.0 Å². The van der Waals surface area contributed by atoms with Crippen molar-refractivity contribution in [3.05, 3.63) is 82.9 Å². The van der Waals surface area contributed by atoms with Crippen LogP contribution in [0, 0.1) is 11.3 Å².